The fourth-order valence-electron chi connectivity index (χ4n) is 5.76. The van der Waals surface area contributed by atoms with Gasteiger partial charge in [0.15, 0.2) is 0 Å². The monoisotopic (exact) mass is 457 g/mol. The smallest absolute Gasteiger partial charge is 0.385 e. The molecule has 0 bridgehead atoms. The number of alkyl halides is 3. The van der Waals surface area contributed by atoms with Crippen molar-refractivity contribution in [2.24, 2.45) is 5.92 Å². The molecule has 2 fully saturated rings. The van der Waals surface area contributed by atoms with E-state index in [4.69, 9.17) is 0 Å². The van der Waals surface area contributed by atoms with Gasteiger partial charge in [-0.25, -0.2) is 4.98 Å². The van der Waals surface area contributed by atoms with Gasteiger partial charge in [0, 0.05) is 18.5 Å². The van der Waals surface area contributed by atoms with Crippen molar-refractivity contribution >= 4 is 16.9 Å². The summed E-state index contributed by atoms with van der Waals surface area (Å²) in [5.41, 5.74) is 0.757. The maximum Gasteiger partial charge on any atom is 0.406 e. The molecule has 1 aliphatic carbocycles. The summed E-state index contributed by atoms with van der Waals surface area (Å²) in [6.07, 6.45) is 0.771. The van der Waals surface area contributed by atoms with E-state index in [0.717, 1.165) is 42.1 Å². The molecule has 0 spiro atoms. The van der Waals surface area contributed by atoms with E-state index >= 15 is 0 Å². The van der Waals surface area contributed by atoms with Crippen LogP contribution >= 0.6 is 0 Å². The number of rotatable bonds is 3. The molecule has 3 aromatic rings. The number of amides is 1. The molecule has 174 valence electrons. The summed E-state index contributed by atoms with van der Waals surface area (Å²) >= 11 is 0. The number of halogens is 3. The van der Waals surface area contributed by atoms with Crippen LogP contribution in [0.4, 0.5) is 13.2 Å². The summed E-state index contributed by atoms with van der Waals surface area (Å²) in [6, 6.07) is 14.3. The Labute approximate surface area is 189 Å². The van der Waals surface area contributed by atoms with Crippen LogP contribution in [0.15, 0.2) is 54.9 Å². The highest BCUT2D eigenvalue weighted by Crippen LogP contribution is 2.47. The number of hydrogen-bond acceptors (Lipinski definition) is 3. The molecule has 2 aromatic carbocycles. The number of aliphatic hydroxyl groups is 1. The Hall–Kier alpha value is -2.87. The second-order valence-electron chi connectivity index (χ2n) is 9.16. The lowest BCUT2D eigenvalue weighted by atomic mass is 9.66. The molecule has 2 aliphatic rings. The lowest BCUT2D eigenvalue weighted by Crippen LogP contribution is -2.59. The predicted molar refractivity (Wildman–Crippen MR) is 118 cm³/mol. The Morgan fingerprint density at radius 3 is 2.61 bits per heavy atom. The number of imidazole rings is 1. The number of nitrogens with zero attached hydrogens (tertiary/aromatic N) is 3. The molecule has 5 nitrogen and oxygen atoms in total. The van der Waals surface area contributed by atoms with Gasteiger partial charge in [0.05, 0.1) is 23.0 Å². The highest BCUT2D eigenvalue weighted by Gasteiger charge is 2.50. The van der Waals surface area contributed by atoms with Gasteiger partial charge in [-0.15, -0.1) is 0 Å². The quantitative estimate of drug-likeness (QED) is 0.609. The fraction of sp³-hybridized carbons (Fsp3) is 0.440. The first-order valence-electron chi connectivity index (χ1n) is 11.4. The van der Waals surface area contributed by atoms with Crippen molar-refractivity contribution in [3.05, 3.63) is 66.0 Å². The molecule has 2 heterocycles. The zero-order chi connectivity index (χ0) is 23.2. The molecule has 5 rings (SSSR count). The molecule has 1 saturated carbocycles. The fourth-order valence-corrected chi connectivity index (χ4v) is 5.76. The number of carbonyl (C=O) groups is 1. The van der Waals surface area contributed by atoms with Crippen molar-refractivity contribution in [3.63, 3.8) is 0 Å². The molecular formula is C25H26F3N3O2. The largest absolute Gasteiger partial charge is 0.406 e. The zero-order valence-corrected chi connectivity index (χ0v) is 18.1. The third-order valence-electron chi connectivity index (χ3n) is 7.24. The lowest BCUT2D eigenvalue weighted by Gasteiger charge is -2.52. The van der Waals surface area contributed by atoms with Crippen LogP contribution < -0.4 is 0 Å². The van der Waals surface area contributed by atoms with E-state index in [-0.39, 0.29) is 28.9 Å². The van der Waals surface area contributed by atoms with Crippen molar-refractivity contribution in [2.45, 2.75) is 56.5 Å². The Kier molecular flexibility index (Phi) is 5.43. The molecule has 1 aliphatic heterocycles. The highest BCUT2D eigenvalue weighted by atomic mass is 19.4. The molecule has 1 saturated heterocycles. The number of piperidine rings is 1. The van der Waals surface area contributed by atoms with Gasteiger partial charge in [-0.05, 0) is 37.0 Å². The minimum absolute atomic E-state index is 0.0895. The van der Waals surface area contributed by atoms with Crippen molar-refractivity contribution in [2.75, 3.05) is 6.54 Å². The Morgan fingerprint density at radius 2 is 1.85 bits per heavy atom. The number of fused-ring (bicyclic) bond motifs is 2. The molecular weight excluding hydrogens is 431 g/mol. The molecule has 8 heteroatoms. The van der Waals surface area contributed by atoms with E-state index in [0.29, 0.717) is 18.5 Å². The van der Waals surface area contributed by atoms with Gasteiger partial charge >= 0.3 is 6.18 Å². The SMILES string of the molecule is O=C(c1cccc2c1ncn2CC(F)(F)F)N1CCC(O)(c2ccccc2)[C@H]2CCCC[C@H]21. The normalized spacial score (nSPS) is 25.8. The van der Waals surface area contributed by atoms with E-state index in [9.17, 15) is 23.1 Å². The maximum absolute atomic E-state index is 13.7. The minimum Gasteiger partial charge on any atom is -0.385 e. The molecule has 0 radical (unpaired) electrons. The summed E-state index contributed by atoms with van der Waals surface area (Å²) in [6.45, 7) is -0.773. The number of carbonyl (C=O) groups excluding carboxylic acids is 1. The third kappa shape index (κ3) is 3.90. The van der Waals surface area contributed by atoms with Crippen molar-refractivity contribution < 1.29 is 23.1 Å². The number of para-hydroxylation sites is 1. The average Bonchev–Trinajstić information content (AvgIpc) is 3.21. The van der Waals surface area contributed by atoms with Gasteiger partial charge in [0.1, 0.15) is 12.1 Å². The molecule has 1 unspecified atom stereocenters. The summed E-state index contributed by atoms with van der Waals surface area (Å²) in [7, 11) is 0. The van der Waals surface area contributed by atoms with Crippen LogP contribution in [0.5, 0.6) is 0 Å². The molecule has 1 amide bonds. The van der Waals surface area contributed by atoms with Crippen LogP contribution in [0.3, 0.4) is 0 Å². The van der Waals surface area contributed by atoms with Crippen LogP contribution in [-0.4, -0.2) is 44.2 Å². The van der Waals surface area contributed by atoms with Crippen LogP contribution in [0.2, 0.25) is 0 Å². The summed E-state index contributed by atoms with van der Waals surface area (Å²) in [5, 5.41) is 11.7. The molecule has 1 N–H and O–H groups in total. The minimum atomic E-state index is -4.38. The van der Waals surface area contributed by atoms with Crippen molar-refractivity contribution in [1.82, 2.24) is 14.5 Å². The molecule has 33 heavy (non-hydrogen) atoms. The highest BCUT2D eigenvalue weighted by molar-refractivity contribution is 6.05. The summed E-state index contributed by atoms with van der Waals surface area (Å²) in [4.78, 5) is 19.7. The van der Waals surface area contributed by atoms with E-state index in [2.05, 4.69) is 4.98 Å². The molecule has 3 atom stereocenters. The predicted octanol–water partition coefficient (Wildman–Crippen LogP) is 4.89. The van der Waals surface area contributed by atoms with Crippen LogP contribution in [0.25, 0.3) is 11.0 Å². The van der Waals surface area contributed by atoms with Gasteiger partial charge in [-0.1, -0.05) is 49.2 Å². The van der Waals surface area contributed by atoms with E-state index in [1.807, 2.05) is 35.2 Å². The first kappa shape index (κ1) is 21.9. The zero-order valence-electron chi connectivity index (χ0n) is 18.1. The maximum atomic E-state index is 13.7. The Bertz CT molecular complexity index is 1160. The van der Waals surface area contributed by atoms with Gasteiger partial charge in [0.25, 0.3) is 5.91 Å². The van der Waals surface area contributed by atoms with Crippen LogP contribution in [0.1, 0.15) is 48.0 Å². The summed E-state index contributed by atoms with van der Waals surface area (Å²) < 4.78 is 39.9. The average molecular weight is 457 g/mol. The first-order valence-corrected chi connectivity index (χ1v) is 11.4. The molecule has 1 aromatic heterocycles. The Morgan fingerprint density at radius 1 is 1.09 bits per heavy atom. The standard InChI is InChI=1S/C25H26F3N3O2/c26-25(27,28)15-30-16-29-22-18(9-6-12-21(22)30)23(32)31-14-13-24(33,17-7-2-1-3-8-17)19-10-4-5-11-20(19)31/h1-3,6-9,12,16,19-20,33H,4-5,10-11,13-15H2/t19-,20+,24?/m0/s1. The van der Waals surface area contributed by atoms with Gasteiger partial charge in [0.2, 0.25) is 0 Å². The van der Waals surface area contributed by atoms with Crippen LogP contribution in [-0.2, 0) is 12.1 Å². The lowest BCUT2D eigenvalue weighted by molar-refractivity contribution is -0.140. The first-order chi connectivity index (χ1) is 15.8. The van der Waals surface area contributed by atoms with E-state index in [1.165, 1.54) is 0 Å². The third-order valence-corrected chi connectivity index (χ3v) is 7.24. The van der Waals surface area contributed by atoms with Crippen LogP contribution in [0, 0.1) is 5.92 Å². The van der Waals surface area contributed by atoms with E-state index < -0.39 is 18.3 Å². The van der Waals surface area contributed by atoms with Gasteiger partial charge in [-0.3, -0.25) is 4.79 Å². The number of benzene rings is 2. The second kappa shape index (κ2) is 8.17. The topological polar surface area (TPSA) is 58.4 Å². The number of likely N-dealkylation sites (tertiary alicyclic amines) is 1. The summed E-state index contributed by atoms with van der Waals surface area (Å²) in [5.74, 6) is -0.321. The van der Waals surface area contributed by atoms with Gasteiger partial charge < -0.3 is 14.6 Å². The Balaban J connectivity index is 1.48. The van der Waals surface area contributed by atoms with E-state index in [1.54, 1.807) is 18.2 Å². The number of aromatic nitrogens is 2. The van der Waals surface area contributed by atoms with Crippen molar-refractivity contribution in [3.8, 4) is 0 Å². The number of hydrogen-bond donors (Lipinski definition) is 1. The second-order valence-corrected chi connectivity index (χ2v) is 9.16. The van der Waals surface area contributed by atoms with Crippen molar-refractivity contribution in [1.29, 1.82) is 0 Å². The van der Waals surface area contributed by atoms with Gasteiger partial charge in [-0.2, -0.15) is 13.2 Å².